The fourth-order valence-corrected chi connectivity index (χ4v) is 2.97. The molecule has 2 aliphatic rings. The van der Waals surface area contributed by atoms with E-state index in [-0.39, 0.29) is 6.54 Å². The van der Waals surface area contributed by atoms with Crippen LogP contribution in [0.3, 0.4) is 0 Å². The lowest BCUT2D eigenvalue weighted by molar-refractivity contribution is -0.116. The summed E-state index contributed by atoms with van der Waals surface area (Å²) >= 11 is 0. The Labute approximate surface area is 149 Å². The van der Waals surface area contributed by atoms with Gasteiger partial charge in [0.15, 0.2) is 11.5 Å². The molecule has 4 rings (SSSR count). The van der Waals surface area contributed by atoms with Crippen LogP contribution in [0, 0.1) is 0 Å². The van der Waals surface area contributed by atoms with Crippen molar-refractivity contribution in [3.63, 3.8) is 0 Å². The van der Waals surface area contributed by atoms with Gasteiger partial charge in [0.25, 0.3) is 11.8 Å². The molecule has 0 radical (unpaired) electrons. The number of hydrogen-bond donors (Lipinski definition) is 1. The van der Waals surface area contributed by atoms with Crippen molar-refractivity contribution in [2.45, 2.75) is 6.42 Å². The predicted molar refractivity (Wildman–Crippen MR) is 92.5 cm³/mol. The molecular weight excluding hydrogens is 336 g/mol. The molecule has 0 atom stereocenters. The summed E-state index contributed by atoms with van der Waals surface area (Å²) in [4.78, 5) is 37.9. The lowest BCUT2D eigenvalue weighted by Gasteiger charge is -2.14. The second kappa shape index (κ2) is 6.51. The Morgan fingerprint density at radius 2 is 1.62 bits per heavy atom. The van der Waals surface area contributed by atoms with Gasteiger partial charge in [-0.05, 0) is 24.3 Å². The van der Waals surface area contributed by atoms with Crippen LogP contribution in [0.1, 0.15) is 27.1 Å². The van der Waals surface area contributed by atoms with Crippen molar-refractivity contribution in [1.82, 2.24) is 4.90 Å². The summed E-state index contributed by atoms with van der Waals surface area (Å²) in [5, 5.41) is 2.69. The maximum atomic E-state index is 12.3. The number of hydrogen-bond acceptors (Lipinski definition) is 5. The van der Waals surface area contributed by atoms with Gasteiger partial charge in [0.2, 0.25) is 5.91 Å². The molecule has 0 fully saturated rings. The zero-order valence-electron chi connectivity index (χ0n) is 13.9. The van der Waals surface area contributed by atoms with E-state index in [1.54, 1.807) is 42.5 Å². The van der Waals surface area contributed by atoms with E-state index in [0.29, 0.717) is 41.5 Å². The molecule has 26 heavy (non-hydrogen) atoms. The van der Waals surface area contributed by atoms with E-state index in [1.807, 2.05) is 0 Å². The summed E-state index contributed by atoms with van der Waals surface area (Å²) in [6, 6.07) is 11.6. The first kappa shape index (κ1) is 16.1. The largest absolute Gasteiger partial charge is 0.490 e. The van der Waals surface area contributed by atoms with Crippen LogP contribution >= 0.6 is 0 Å². The number of anilines is 1. The number of benzene rings is 2. The van der Waals surface area contributed by atoms with Crippen molar-refractivity contribution in [2.75, 3.05) is 25.1 Å². The predicted octanol–water partition coefficient (Wildman–Crippen LogP) is 2.08. The van der Waals surface area contributed by atoms with Crippen molar-refractivity contribution in [3.05, 3.63) is 53.6 Å². The lowest BCUT2D eigenvalue weighted by atomic mass is 10.1. The molecule has 2 aliphatic heterocycles. The van der Waals surface area contributed by atoms with E-state index < -0.39 is 17.7 Å². The van der Waals surface area contributed by atoms with Gasteiger partial charge in [0, 0.05) is 18.2 Å². The topological polar surface area (TPSA) is 84.9 Å². The molecule has 1 N–H and O–H groups in total. The van der Waals surface area contributed by atoms with E-state index in [1.165, 1.54) is 0 Å². The first-order valence-electron chi connectivity index (χ1n) is 8.28. The van der Waals surface area contributed by atoms with Crippen LogP contribution in [-0.4, -0.2) is 42.4 Å². The lowest BCUT2D eigenvalue weighted by Crippen LogP contribution is -2.37. The first-order valence-corrected chi connectivity index (χ1v) is 8.28. The summed E-state index contributed by atoms with van der Waals surface area (Å²) < 4.78 is 11.1. The number of rotatable bonds is 3. The number of carbonyl (C=O) groups is 3. The van der Waals surface area contributed by atoms with Crippen molar-refractivity contribution in [3.8, 4) is 11.5 Å². The molecular formula is C19H16N2O5. The van der Waals surface area contributed by atoms with Gasteiger partial charge in [0.05, 0.1) is 24.3 Å². The molecule has 2 aromatic rings. The zero-order valence-corrected chi connectivity index (χ0v) is 13.9. The number of fused-ring (bicyclic) bond motifs is 2. The van der Waals surface area contributed by atoms with Gasteiger partial charge in [-0.2, -0.15) is 0 Å². The van der Waals surface area contributed by atoms with Crippen LogP contribution in [-0.2, 0) is 4.79 Å². The third-order valence-electron chi connectivity index (χ3n) is 4.21. The Morgan fingerprint density at radius 3 is 2.31 bits per heavy atom. The normalized spacial score (nSPS) is 15.5. The molecule has 0 saturated heterocycles. The van der Waals surface area contributed by atoms with Gasteiger partial charge >= 0.3 is 0 Å². The van der Waals surface area contributed by atoms with Crippen LogP contribution in [0.25, 0.3) is 0 Å². The highest BCUT2D eigenvalue weighted by atomic mass is 16.5. The molecule has 132 valence electrons. The molecule has 0 aromatic heterocycles. The van der Waals surface area contributed by atoms with E-state index in [0.717, 1.165) is 11.3 Å². The standard InChI is InChI=1S/C19H16N2O5/c22-17(11-21-18(23)13-4-1-2-5-14(13)19(21)24)20-12-6-7-15-16(10-12)26-9-3-8-25-15/h1-2,4-7,10H,3,8-9,11H2,(H,20,22). The smallest absolute Gasteiger partial charge is 0.262 e. The highest BCUT2D eigenvalue weighted by molar-refractivity contribution is 6.22. The molecule has 0 spiro atoms. The summed E-state index contributed by atoms with van der Waals surface area (Å²) in [5.41, 5.74) is 1.15. The molecule has 2 aromatic carbocycles. The van der Waals surface area contributed by atoms with E-state index >= 15 is 0 Å². The minimum absolute atomic E-state index is 0.320. The minimum atomic E-state index is -0.464. The van der Waals surface area contributed by atoms with Gasteiger partial charge in [-0.25, -0.2) is 0 Å². The number of imide groups is 1. The highest BCUT2D eigenvalue weighted by Gasteiger charge is 2.36. The van der Waals surface area contributed by atoms with Crippen LogP contribution < -0.4 is 14.8 Å². The number of amides is 3. The van der Waals surface area contributed by atoms with Crippen molar-refractivity contribution >= 4 is 23.4 Å². The van der Waals surface area contributed by atoms with Crippen LogP contribution in [0.15, 0.2) is 42.5 Å². The average Bonchev–Trinajstić information content (AvgIpc) is 2.82. The number of nitrogens with one attached hydrogen (secondary N) is 1. The van der Waals surface area contributed by atoms with Gasteiger partial charge in [-0.1, -0.05) is 12.1 Å². The molecule has 0 saturated carbocycles. The number of carbonyl (C=O) groups excluding carboxylic acids is 3. The summed E-state index contributed by atoms with van der Waals surface area (Å²) in [6.45, 7) is 0.776. The molecule has 0 bridgehead atoms. The fraction of sp³-hybridized carbons (Fsp3) is 0.211. The van der Waals surface area contributed by atoms with Crippen LogP contribution in [0.2, 0.25) is 0 Å². The Morgan fingerprint density at radius 1 is 0.962 bits per heavy atom. The third-order valence-corrected chi connectivity index (χ3v) is 4.21. The van der Waals surface area contributed by atoms with Crippen molar-refractivity contribution < 1.29 is 23.9 Å². The summed E-state index contributed by atoms with van der Waals surface area (Å²) in [6.07, 6.45) is 0.788. The highest BCUT2D eigenvalue weighted by Crippen LogP contribution is 2.32. The van der Waals surface area contributed by atoms with Gasteiger partial charge in [-0.3, -0.25) is 19.3 Å². The zero-order chi connectivity index (χ0) is 18.1. The summed E-state index contributed by atoms with van der Waals surface area (Å²) in [5.74, 6) is -0.199. The van der Waals surface area contributed by atoms with E-state index in [4.69, 9.17) is 9.47 Å². The second-order valence-corrected chi connectivity index (χ2v) is 6.00. The van der Waals surface area contributed by atoms with Gasteiger partial charge in [0.1, 0.15) is 6.54 Å². The third kappa shape index (κ3) is 2.88. The minimum Gasteiger partial charge on any atom is -0.490 e. The molecule has 7 heteroatoms. The first-order chi connectivity index (χ1) is 12.6. The van der Waals surface area contributed by atoms with E-state index in [9.17, 15) is 14.4 Å². The quantitative estimate of drug-likeness (QED) is 0.855. The Hall–Kier alpha value is -3.35. The van der Waals surface area contributed by atoms with Crippen molar-refractivity contribution in [1.29, 1.82) is 0 Å². The fourth-order valence-electron chi connectivity index (χ4n) is 2.97. The van der Waals surface area contributed by atoms with Crippen molar-refractivity contribution in [2.24, 2.45) is 0 Å². The SMILES string of the molecule is O=C(CN1C(=O)c2ccccc2C1=O)Nc1ccc2c(c1)OCCCO2. The molecule has 2 heterocycles. The summed E-state index contributed by atoms with van der Waals surface area (Å²) in [7, 11) is 0. The van der Waals surface area contributed by atoms with Gasteiger partial charge in [-0.15, -0.1) is 0 Å². The molecule has 0 aliphatic carbocycles. The monoisotopic (exact) mass is 352 g/mol. The second-order valence-electron chi connectivity index (χ2n) is 6.00. The maximum absolute atomic E-state index is 12.3. The van der Waals surface area contributed by atoms with E-state index in [2.05, 4.69) is 5.32 Å². The average molecular weight is 352 g/mol. The maximum Gasteiger partial charge on any atom is 0.262 e. The molecule has 3 amide bonds. The number of ether oxygens (including phenoxy) is 2. The Balaban J connectivity index is 1.46. The Kier molecular flexibility index (Phi) is 4.04. The molecule has 0 unspecified atom stereocenters. The molecule has 7 nitrogen and oxygen atoms in total. The van der Waals surface area contributed by atoms with Gasteiger partial charge < -0.3 is 14.8 Å². The number of nitrogens with zero attached hydrogens (tertiary/aromatic N) is 1. The Bertz CT molecular complexity index is 874. The van der Waals surface area contributed by atoms with Crippen LogP contribution in [0.5, 0.6) is 11.5 Å². The van der Waals surface area contributed by atoms with Crippen LogP contribution in [0.4, 0.5) is 5.69 Å².